The number of hydrogen-bond acceptors (Lipinski definition) is 3. The monoisotopic (exact) mass is 265 g/mol. The number of carbonyl (C=O) groups excluding carboxylic acids is 1. The molecule has 106 valence electrons. The minimum Gasteiger partial charge on any atom is -0.494 e. The van der Waals surface area contributed by atoms with Crippen LogP contribution in [-0.2, 0) is 11.2 Å². The van der Waals surface area contributed by atoms with Crippen molar-refractivity contribution in [2.75, 3.05) is 26.3 Å². The number of carbonyl (C=O) groups is 1. The van der Waals surface area contributed by atoms with Crippen LogP contribution >= 0.6 is 0 Å². The predicted octanol–water partition coefficient (Wildman–Crippen LogP) is 1.86. The Hall–Kier alpha value is -1.55. The van der Waals surface area contributed by atoms with Gasteiger partial charge in [0.25, 0.3) is 0 Å². The Morgan fingerprint density at radius 1 is 1.26 bits per heavy atom. The molecule has 0 heterocycles. The molecular weight excluding hydrogens is 242 g/mol. The second-order valence-electron chi connectivity index (χ2n) is 4.30. The molecule has 0 aliphatic rings. The highest BCUT2D eigenvalue weighted by atomic mass is 16.5. The quantitative estimate of drug-likeness (QED) is 0.780. The summed E-state index contributed by atoms with van der Waals surface area (Å²) in [6.07, 6.45) is 1.02. The molecule has 1 aromatic carbocycles. The van der Waals surface area contributed by atoms with Crippen molar-refractivity contribution in [1.82, 2.24) is 4.90 Å². The molecule has 1 rings (SSSR count). The van der Waals surface area contributed by atoms with Crippen LogP contribution in [0.15, 0.2) is 24.3 Å². The van der Waals surface area contributed by atoms with Crippen LogP contribution in [0, 0.1) is 0 Å². The van der Waals surface area contributed by atoms with Gasteiger partial charge in [0.15, 0.2) is 0 Å². The van der Waals surface area contributed by atoms with Crippen molar-refractivity contribution in [2.45, 2.75) is 26.7 Å². The fraction of sp³-hybridized carbons (Fsp3) is 0.533. The highest BCUT2D eigenvalue weighted by Crippen LogP contribution is 2.13. The first-order chi connectivity index (χ1) is 9.21. The second kappa shape index (κ2) is 8.53. The Morgan fingerprint density at radius 2 is 1.95 bits per heavy atom. The normalized spacial score (nSPS) is 10.3. The van der Waals surface area contributed by atoms with Crippen LogP contribution in [0.3, 0.4) is 0 Å². The molecule has 0 saturated heterocycles. The lowest BCUT2D eigenvalue weighted by Crippen LogP contribution is -2.33. The van der Waals surface area contributed by atoms with Crippen molar-refractivity contribution in [3.05, 3.63) is 29.8 Å². The van der Waals surface area contributed by atoms with Crippen molar-refractivity contribution < 1.29 is 14.6 Å². The van der Waals surface area contributed by atoms with Crippen LogP contribution in [-0.4, -0.2) is 42.2 Å². The summed E-state index contributed by atoms with van der Waals surface area (Å²) in [7, 11) is 0. The molecule has 0 fully saturated rings. The van der Waals surface area contributed by atoms with Crippen LogP contribution in [0.5, 0.6) is 5.75 Å². The molecule has 0 saturated carbocycles. The molecule has 19 heavy (non-hydrogen) atoms. The van der Waals surface area contributed by atoms with Gasteiger partial charge in [0.1, 0.15) is 5.75 Å². The third-order valence-electron chi connectivity index (χ3n) is 2.91. The van der Waals surface area contributed by atoms with Gasteiger partial charge in [-0.3, -0.25) is 4.79 Å². The van der Waals surface area contributed by atoms with Gasteiger partial charge in [0.2, 0.25) is 5.91 Å². The van der Waals surface area contributed by atoms with Gasteiger partial charge in [-0.05, 0) is 38.0 Å². The topological polar surface area (TPSA) is 49.8 Å². The molecular formula is C15H23NO3. The van der Waals surface area contributed by atoms with Crippen LogP contribution in [0.1, 0.15) is 25.8 Å². The number of aliphatic hydroxyl groups is 1. The van der Waals surface area contributed by atoms with Gasteiger partial charge in [-0.15, -0.1) is 0 Å². The fourth-order valence-electron chi connectivity index (χ4n) is 1.88. The molecule has 4 heteroatoms. The molecule has 4 nitrogen and oxygen atoms in total. The third-order valence-corrected chi connectivity index (χ3v) is 2.91. The highest BCUT2D eigenvalue weighted by Gasteiger charge is 2.11. The average molecular weight is 265 g/mol. The zero-order chi connectivity index (χ0) is 14.1. The molecule has 0 bridgehead atoms. The first-order valence-corrected chi connectivity index (χ1v) is 6.81. The van der Waals surface area contributed by atoms with Gasteiger partial charge in [-0.1, -0.05) is 12.1 Å². The van der Waals surface area contributed by atoms with Crippen LogP contribution in [0.2, 0.25) is 0 Å². The Morgan fingerprint density at radius 3 is 2.47 bits per heavy atom. The summed E-state index contributed by atoms with van der Waals surface area (Å²) in [5, 5.41) is 8.81. The Balaban J connectivity index is 2.54. The van der Waals surface area contributed by atoms with E-state index in [9.17, 15) is 4.79 Å². The zero-order valence-electron chi connectivity index (χ0n) is 11.8. The van der Waals surface area contributed by atoms with E-state index < -0.39 is 0 Å². The summed E-state index contributed by atoms with van der Waals surface area (Å²) in [6, 6.07) is 7.61. The number of aliphatic hydroxyl groups excluding tert-OH is 1. The lowest BCUT2D eigenvalue weighted by molar-refractivity contribution is -0.130. The standard InChI is InChI=1S/C15H23NO3/c1-3-16(10-5-11-17)15(18)12-13-6-8-14(9-7-13)19-4-2/h6-9,17H,3-5,10-12H2,1-2H3. The number of nitrogens with zero attached hydrogens (tertiary/aromatic N) is 1. The molecule has 1 aromatic rings. The molecule has 0 aliphatic heterocycles. The van der Waals surface area contributed by atoms with Crippen LogP contribution < -0.4 is 4.74 Å². The maximum atomic E-state index is 12.1. The van der Waals surface area contributed by atoms with Crippen molar-refractivity contribution in [3.8, 4) is 5.75 Å². The number of rotatable bonds is 8. The molecule has 0 atom stereocenters. The summed E-state index contributed by atoms with van der Waals surface area (Å²) in [6.45, 7) is 5.94. The lowest BCUT2D eigenvalue weighted by Gasteiger charge is -2.20. The molecule has 0 unspecified atom stereocenters. The summed E-state index contributed by atoms with van der Waals surface area (Å²) in [5.41, 5.74) is 0.982. The fourth-order valence-corrected chi connectivity index (χ4v) is 1.88. The van der Waals surface area contributed by atoms with E-state index in [4.69, 9.17) is 9.84 Å². The van der Waals surface area contributed by atoms with Crippen molar-refractivity contribution in [1.29, 1.82) is 0 Å². The first kappa shape index (κ1) is 15.5. The van der Waals surface area contributed by atoms with Crippen LogP contribution in [0.25, 0.3) is 0 Å². The predicted molar refractivity (Wildman–Crippen MR) is 75.3 cm³/mol. The van der Waals surface area contributed by atoms with Gasteiger partial charge < -0.3 is 14.7 Å². The zero-order valence-corrected chi connectivity index (χ0v) is 11.8. The van der Waals surface area contributed by atoms with Crippen LogP contribution in [0.4, 0.5) is 0 Å². The SMILES string of the molecule is CCOc1ccc(CC(=O)N(CC)CCCO)cc1. The summed E-state index contributed by atoms with van der Waals surface area (Å²) < 4.78 is 5.36. The highest BCUT2D eigenvalue weighted by molar-refractivity contribution is 5.78. The maximum Gasteiger partial charge on any atom is 0.226 e. The van der Waals surface area contributed by atoms with Crippen molar-refractivity contribution in [2.24, 2.45) is 0 Å². The molecule has 0 aliphatic carbocycles. The lowest BCUT2D eigenvalue weighted by atomic mass is 10.1. The molecule has 1 amide bonds. The third kappa shape index (κ3) is 5.30. The number of amides is 1. The second-order valence-corrected chi connectivity index (χ2v) is 4.30. The number of likely N-dealkylation sites (N-methyl/N-ethyl adjacent to an activating group) is 1. The summed E-state index contributed by atoms with van der Waals surface area (Å²) in [5.74, 6) is 0.923. The summed E-state index contributed by atoms with van der Waals surface area (Å²) in [4.78, 5) is 13.8. The Bertz CT molecular complexity index is 375. The first-order valence-electron chi connectivity index (χ1n) is 6.81. The van der Waals surface area contributed by atoms with E-state index >= 15 is 0 Å². The molecule has 1 N–H and O–H groups in total. The Labute approximate surface area is 115 Å². The number of ether oxygens (including phenoxy) is 1. The van der Waals surface area contributed by atoms with Crippen molar-refractivity contribution in [3.63, 3.8) is 0 Å². The van der Waals surface area contributed by atoms with E-state index in [1.165, 1.54) is 0 Å². The van der Waals surface area contributed by atoms with E-state index in [2.05, 4.69) is 0 Å². The van der Waals surface area contributed by atoms with Gasteiger partial charge in [0.05, 0.1) is 13.0 Å². The van der Waals surface area contributed by atoms with Gasteiger partial charge >= 0.3 is 0 Å². The minimum atomic E-state index is 0.0973. The number of hydrogen-bond donors (Lipinski definition) is 1. The number of benzene rings is 1. The van der Waals surface area contributed by atoms with Gasteiger partial charge in [-0.2, -0.15) is 0 Å². The average Bonchev–Trinajstić information content (AvgIpc) is 2.42. The Kier molecular flexibility index (Phi) is 6.97. The van der Waals surface area contributed by atoms with E-state index in [0.29, 0.717) is 32.5 Å². The van der Waals surface area contributed by atoms with E-state index in [1.54, 1.807) is 4.90 Å². The van der Waals surface area contributed by atoms with Gasteiger partial charge in [0, 0.05) is 19.7 Å². The van der Waals surface area contributed by atoms with E-state index in [0.717, 1.165) is 11.3 Å². The van der Waals surface area contributed by atoms with Crippen molar-refractivity contribution >= 4 is 5.91 Å². The molecule has 0 aromatic heterocycles. The van der Waals surface area contributed by atoms with E-state index in [-0.39, 0.29) is 12.5 Å². The minimum absolute atomic E-state index is 0.0973. The molecule has 0 radical (unpaired) electrons. The smallest absolute Gasteiger partial charge is 0.226 e. The summed E-state index contributed by atoms with van der Waals surface area (Å²) >= 11 is 0. The maximum absolute atomic E-state index is 12.1. The van der Waals surface area contributed by atoms with Gasteiger partial charge in [-0.25, -0.2) is 0 Å². The van der Waals surface area contributed by atoms with E-state index in [1.807, 2.05) is 38.1 Å². The largest absolute Gasteiger partial charge is 0.494 e. The molecule has 0 spiro atoms.